The Kier molecular flexibility index (Phi) is 3.76. The first kappa shape index (κ1) is 10.1. The van der Waals surface area contributed by atoms with E-state index in [1.54, 1.807) is 31.4 Å². The summed E-state index contributed by atoms with van der Waals surface area (Å²) in [5.41, 5.74) is 0. The molecular formula is C9H12N2OS. The van der Waals surface area contributed by atoms with Crippen molar-refractivity contribution in [3.8, 4) is 0 Å². The van der Waals surface area contributed by atoms with Crippen LogP contribution < -0.4 is 0 Å². The van der Waals surface area contributed by atoms with Crippen LogP contribution in [0.3, 0.4) is 0 Å². The second-order valence-electron chi connectivity index (χ2n) is 2.76. The molecule has 0 bridgehead atoms. The number of carbonyl (C=O) groups is 1. The predicted octanol–water partition coefficient (Wildman–Crippen LogP) is 1.26. The van der Waals surface area contributed by atoms with Crippen molar-refractivity contribution in [2.24, 2.45) is 0 Å². The number of nitrogens with zero attached hydrogens (tertiary/aromatic N) is 2. The van der Waals surface area contributed by atoms with Gasteiger partial charge in [0.05, 0.1) is 5.75 Å². The Bertz CT molecular complexity index is 274. The monoisotopic (exact) mass is 196 g/mol. The highest BCUT2D eigenvalue weighted by molar-refractivity contribution is 8.00. The molecule has 1 aromatic rings. The number of rotatable bonds is 3. The molecule has 0 N–H and O–H groups in total. The smallest absolute Gasteiger partial charge is 0.232 e. The van der Waals surface area contributed by atoms with Crippen LogP contribution in [0.5, 0.6) is 0 Å². The van der Waals surface area contributed by atoms with Gasteiger partial charge in [0.2, 0.25) is 5.91 Å². The second-order valence-corrected chi connectivity index (χ2v) is 3.81. The molecule has 0 saturated heterocycles. The largest absolute Gasteiger partial charge is 0.348 e. The van der Waals surface area contributed by atoms with Gasteiger partial charge in [-0.05, 0) is 12.1 Å². The second kappa shape index (κ2) is 4.87. The minimum atomic E-state index is 0.127. The third kappa shape index (κ3) is 3.46. The van der Waals surface area contributed by atoms with E-state index < -0.39 is 0 Å². The van der Waals surface area contributed by atoms with Gasteiger partial charge in [0.25, 0.3) is 0 Å². The van der Waals surface area contributed by atoms with Gasteiger partial charge in [0, 0.05) is 31.4 Å². The number of hydrogen-bond acceptors (Lipinski definition) is 3. The molecule has 1 rings (SSSR count). The molecule has 0 unspecified atom stereocenters. The summed E-state index contributed by atoms with van der Waals surface area (Å²) in [7, 11) is 3.52. The highest BCUT2D eigenvalue weighted by Crippen LogP contribution is 2.15. The van der Waals surface area contributed by atoms with Crippen LogP contribution in [-0.4, -0.2) is 35.6 Å². The first-order valence-electron chi connectivity index (χ1n) is 3.93. The molecule has 0 fully saturated rings. The van der Waals surface area contributed by atoms with E-state index in [-0.39, 0.29) is 5.91 Å². The minimum Gasteiger partial charge on any atom is -0.348 e. The first-order chi connectivity index (χ1) is 6.20. The van der Waals surface area contributed by atoms with Crippen LogP contribution in [0.1, 0.15) is 0 Å². The molecule has 0 radical (unpaired) electrons. The summed E-state index contributed by atoms with van der Waals surface area (Å²) in [6.45, 7) is 0. The number of amides is 1. The lowest BCUT2D eigenvalue weighted by Gasteiger charge is -2.08. The Morgan fingerprint density at radius 2 is 2.08 bits per heavy atom. The van der Waals surface area contributed by atoms with Crippen molar-refractivity contribution in [2.75, 3.05) is 19.8 Å². The Labute approximate surface area is 82.2 Å². The molecule has 13 heavy (non-hydrogen) atoms. The zero-order chi connectivity index (χ0) is 9.68. The summed E-state index contributed by atoms with van der Waals surface area (Å²) < 4.78 is 0. The van der Waals surface area contributed by atoms with Gasteiger partial charge in [-0.1, -0.05) is 0 Å². The van der Waals surface area contributed by atoms with Crippen LogP contribution in [0, 0.1) is 0 Å². The van der Waals surface area contributed by atoms with Crippen LogP contribution in [0.4, 0.5) is 0 Å². The maximum absolute atomic E-state index is 11.2. The van der Waals surface area contributed by atoms with E-state index >= 15 is 0 Å². The van der Waals surface area contributed by atoms with Crippen molar-refractivity contribution >= 4 is 17.7 Å². The summed E-state index contributed by atoms with van der Waals surface area (Å²) in [5, 5.41) is 0. The molecule has 0 aliphatic carbocycles. The lowest BCUT2D eigenvalue weighted by Crippen LogP contribution is -2.23. The van der Waals surface area contributed by atoms with Crippen molar-refractivity contribution in [1.82, 2.24) is 9.88 Å². The molecule has 0 saturated carbocycles. The van der Waals surface area contributed by atoms with E-state index in [0.717, 1.165) is 4.90 Å². The van der Waals surface area contributed by atoms with Gasteiger partial charge in [0.1, 0.15) is 0 Å². The van der Waals surface area contributed by atoms with Crippen LogP contribution in [0.2, 0.25) is 0 Å². The zero-order valence-corrected chi connectivity index (χ0v) is 8.54. The lowest BCUT2D eigenvalue weighted by atomic mass is 10.5. The molecule has 0 spiro atoms. The van der Waals surface area contributed by atoms with Crippen molar-refractivity contribution in [2.45, 2.75) is 4.90 Å². The van der Waals surface area contributed by atoms with E-state index in [1.807, 2.05) is 12.1 Å². The average molecular weight is 196 g/mol. The third-order valence-electron chi connectivity index (χ3n) is 1.51. The maximum Gasteiger partial charge on any atom is 0.232 e. The van der Waals surface area contributed by atoms with Crippen LogP contribution in [0.15, 0.2) is 29.4 Å². The highest BCUT2D eigenvalue weighted by Gasteiger charge is 2.03. The quantitative estimate of drug-likeness (QED) is 0.682. The summed E-state index contributed by atoms with van der Waals surface area (Å²) in [6, 6.07) is 3.79. The highest BCUT2D eigenvalue weighted by atomic mass is 32.2. The molecule has 70 valence electrons. The van der Waals surface area contributed by atoms with Crippen molar-refractivity contribution in [1.29, 1.82) is 0 Å². The van der Waals surface area contributed by atoms with E-state index in [0.29, 0.717) is 5.75 Å². The molecule has 1 amide bonds. The van der Waals surface area contributed by atoms with Gasteiger partial charge in [-0.25, -0.2) is 0 Å². The normalized spacial score (nSPS) is 9.69. The molecule has 1 heterocycles. The first-order valence-corrected chi connectivity index (χ1v) is 4.91. The molecule has 4 heteroatoms. The average Bonchev–Trinajstić information content (AvgIpc) is 2.15. The van der Waals surface area contributed by atoms with E-state index in [9.17, 15) is 4.79 Å². The molecule has 0 aliphatic rings. The molecule has 1 aromatic heterocycles. The number of pyridine rings is 1. The number of carbonyl (C=O) groups excluding carboxylic acids is 1. The lowest BCUT2D eigenvalue weighted by molar-refractivity contribution is -0.125. The fourth-order valence-electron chi connectivity index (χ4n) is 0.709. The van der Waals surface area contributed by atoms with Crippen LogP contribution >= 0.6 is 11.8 Å². The molecular weight excluding hydrogens is 184 g/mol. The fourth-order valence-corrected chi connectivity index (χ4v) is 1.57. The Balaban J connectivity index is 2.40. The maximum atomic E-state index is 11.2. The Morgan fingerprint density at radius 1 is 1.46 bits per heavy atom. The topological polar surface area (TPSA) is 33.2 Å². The predicted molar refractivity (Wildman–Crippen MR) is 53.7 cm³/mol. The van der Waals surface area contributed by atoms with E-state index in [4.69, 9.17) is 0 Å². The molecule has 0 atom stereocenters. The summed E-state index contributed by atoms with van der Waals surface area (Å²) in [4.78, 5) is 17.8. The van der Waals surface area contributed by atoms with Gasteiger partial charge in [-0.2, -0.15) is 0 Å². The van der Waals surface area contributed by atoms with Crippen LogP contribution in [0.25, 0.3) is 0 Å². The van der Waals surface area contributed by atoms with E-state index in [2.05, 4.69) is 4.98 Å². The summed E-state index contributed by atoms with van der Waals surface area (Å²) >= 11 is 1.53. The Hall–Kier alpha value is -1.03. The van der Waals surface area contributed by atoms with Crippen LogP contribution in [-0.2, 0) is 4.79 Å². The van der Waals surface area contributed by atoms with E-state index in [1.165, 1.54) is 11.8 Å². The van der Waals surface area contributed by atoms with Crippen molar-refractivity contribution in [3.63, 3.8) is 0 Å². The number of aromatic nitrogens is 1. The standard InChI is InChI=1S/C9H12N2OS/c1-11(2)9(12)7-13-8-3-5-10-6-4-8/h3-6H,7H2,1-2H3. The van der Waals surface area contributed by atoms with Gasteiger partial charge < -0.3 is 4.90 Å². The van der Waals surface area contributed by atoms with Gasteiger partial charge >= 0.3 is 0 Å². The third-order valence-corrected chi connectivity index (χ3v) is 2.51. The molecule has 0 aliphatic heterocycles. The summed E-state index contributed by atoms with van der Waals surface area (Å²) in [5.74, 6) is 0.610. The summed E-state index contributed by atoms with van der Waals surface area (Å²) in [6.07, 6.45) is 3.45. The van der Waals surface area contributed by atoms with Crippen molar-refractivity contribution in [3.05, 3.63) is 24.5 Å². The van der Waals surface area contributed by atoms with Gasteiger partial charge in [-0.15, -0.1) is 11.8 Å². The zero-order valence-electron chi connectivity index (χ0n) is 7.73. The minimum absolute atomic E-state index is 0.127. The van der Waals surface area contributed by atoms with Crippen molar-refractivity contribution < 1.29 is 4.79 Å². The number of thioether (sulfide) groups is 1. The molecule has 3 nitrogen and oxygen atoms in total. The number of hydrogen-bond donors (Lipinski definition) is 0. The SMILES string of the molecule is CN(C)C(=O)CSc1ccncc1. The Morgan fingerprint density at radius 3 is 2.62 bits per heavy atom. The fraction of sp³-hybridized carbons (Fsp3) is 0.333. The van der Waals surface area contributed by atoms with Gasteiger partial charge in [0.15, 0.2) is 0 Å². The van der Waals surface area contributed by atoms with Gasteiger partial charge in [-0.3, -0.25) is 9.78 Å². The molecule has 0 aromatic carbocycles.